The average molecular weight is 469 g/mol. The highest BCUT2D eigenvalue weighted by molar-refractivity contribution is 5.75. The van der Waals surface area contributed by atoms with Crippen LogP contribution in [0.25, 0.3) is 11.0 Å². The predicted molar refractivity (Wildman–Crippen MR) is 144 cm³/mol. The molecular weight excluding hydrogens is 432 g/mol. The van der Waals surface area contributed by atoms with Gasteiger partial charge in [-0.1, -0.05) is 62.4 Å². The molecule has 0 aliphatic heterocycles. The number of aromatic nitrogens is 2. The zero-order chi connectivity index (χ0) is 24.6. The van der Waals surface area contributed by atoms with Gasteiger partial charge in [-0.3, -0.25) is 0 Å². The number of allylic oxidation sites excluding steroid dienone is 1. The molecule has 1 heterocycles. The molecule has 3 aromatic carbocycles. The molecule has 0 unspecified atom stereocenters. The minimum absolute atomic E-state index is 0.404. The molecule has 0 saturated heterocycles. The highest BCUT2D eigenvalue weighted by Crippen LogP contribution is 2.29. The third-order valence-electron chi connectivity index (χ3n) is 6.25. The van der Waals surface area contributed by atoms with Gasteiger partial charge in [0.2, 0.25) is 0 Å². The smallest absolute Gasteiger partial charge is 0.147 e. The Balaban J connectivity index is 1.42. The number of ether oxygens (including phenoxy) is 2. The van der Waals surface area contributed by atoms with E-state index in [0.29, 0.717) is 19.1 Å². The molecule has 0 N–H and O–H groups in total. The number of fused-ring (bicyclic) bond motifs is 1. The number of unbranched alkanes of at least 4 members (excludes halogenated alkanes) is 1. The minimum Gasteiger partial charge on any atom is -0.493 e. The van der Waals surface area contributed by atoms with Crippen LogP contribution in [0.1, 0.15) is 55.1 Å². The highest BCUT2D eigenvalue weighted by atomic mass is 16.5. The van der Waals surface area contributed by atoms with Crippen LogP contribution in [-0.2, 0) is 19.6 Å². The summed E-state index contributed by atoms with van der Waals surface area (Å²) < 4.78 is 14.7. The molecule has 0 aliphatic carbocycles. The van der Waals surface area contributed by atoms with Crippen molar-refractivity contribution in [1.82, 2.24) is 9.55 Å². The Kier molecular flexibility index (Phi) is 8.25. The third-order valence-corrected chi connectivity index (χ3v) is 6.25. The van der Waals surface area contributed by atoms with Gasteiger partial charge >= 0.3 is 0 Å². The Hall–Kier alpha value is -3.53. The van der Waals surface area contributed by atoms with E-state index in [1.165, 1.54) is 16.7 Å². The number of hydrogen-bond donors (Lipinski definition) is 0. The van der Waals surface area contributed by atoms with E-state index in [2.05, 4.69) is 74.4 Å². The predicted octanol–water partition coefficient (Wildman–Crippen LogP) is 7.63. The summed E-state index contributed by atoms with van der Waals surface area (Å²) in [6.45, 7) is 12.4. The van der Waals surface area contributed by atoms with E-state index < -0.39 is 0 Å². The second kappa shape index (κ2) is 11.7. The monoisotopic (exact) mass is 468 g/mol. The summed E-state index contributed by atoms with van der Waals surface area (Å²) in [4.78, 5) is 4.90. The van der Waals surface area contributed by atoms with Crippen molar-refractivity contribution in [1.29, 1.82) is 0 Å². The van der Waals surface area contributed by atoms with E-state index in [1.807, 2.05) is 30.3 Å². The van der Waals surface area contributed by atoms with Crippen molar-refractivity contribution in [2.24, 2.45) is 0 Å². The second-order valence-corrected chi connectivity index (χ2v) is 9.31. The normalized spacial score (nSPS) is 11.2. The first-order valence-corrected chi connectivity index (χ1v) is 12.6. The Labute approximate surface area is 209 Å². The molecule has 0 spiro atoms. The van der Waals surface area contributed by atoms with Crippen LogP contribution in [0, 0.1) is 6.92 Å². The molecule has 0 atom stereocenters. The van der Waals surface area contributed by atoms with Gasteiger partial charge in [-0.15, -0.1) is 6.58 Å². The zero-order valence-electron chi connectivity index (χ0n) is 21.2. The molecule has 4 heteroatoms. The molecule has 0 radical (unpaired) electrons. The third kappa shape index (κ3) is 6.13. The lowest BCUT2D eigenvalue weighted by Gasteiger charge is -2.16. The van der Waals surface area contributed by atoms with Crippen LogP contribution in [0.15, 0.2) is 79.4 Å². The van der Waals surface area contributed by atoms with Gasteiger partial charge in [0.15, 0.2) is 0 Å². The van der Waals surface area contributed by atoms with Crippen molar-refractivity contribution in [2.45, 2.75) is 59.1 Å². The molecule has 4 nitrogen and oxygen atoms in total. The summed E-state index contributed by atoms with van der Waals surface area (Å²) in [5, 5.41) is 0. The number of para-hydroxylation sites is 3. The quantitative estimate of drug-likeness (QED) is 0.158. The first-order valence-electron chi connectivity index (χ1n) is 12.6. The van der Waals surface area contributed by atoms with Gasteiger partial charge in [-0.05, 0) is 73.1 Å². The zero-order valence-corrected chi connectivity index (χ0v) is 21.2. The summed E-state index contributed by atoms with van der Waals surface area (Å²) in [7, 11) is 0. The molecular formula is C31H36N2O2. The van der Waals surface area contributed by atoms with Gasteiger partial charge < -0.3 is 14.0 Å². The largest absolute Gasteiger partial charge is 0.493 e. The van der Waals surface area contributed by atoms with Crippen molar-refractivity contribution in [3.63, 3.8) is 0 Å². The number of benzene rings is 3. The molecule has 0 aliphatic rings. The maximum absolute atomic E-state index is 6.34. The summed E-state index contributed by atoms with van der Waals surface area (Å²) in [5.41, 5.74) is 5.77. The lowest BCUT2D eigenvalue weighted by atomic mass is 10.0. The van der Waals surface area contributed by atoms with E-state index >= 15 is 0 Å². The number of rotatable bonds is 12. The summed E-state index contributed by atoms with van der Waals surface area (Å²) in [5.74, 6) is 3.26. The van der Waals surface area contributed by atoms with Crippen molar-refractivity contribution in [3.05, 3.63) is 102 Å². The van der Waals surface area contributed by atoms with Crippen molar-refractivity contribution in [2.75, 3.05) is 6.61 Å². The van der Waals surface area contributed by atoms with E-state index in [4.69, 9.17) is 14.5 Å². The first kappa shape index (κ1) is 24.6. The summed E-state index contributed by atoms with van der Waals surface area (Å²) in [6.07, 6.45) is 4.69. The molecule has 35 heavy (non-hydrogen) atoms. The minimum atomic E-state index is 0.404. The van der Waals surface area contributed by atoms with Gasteiger partial charge in [-0.25, -0.2) is 4.98 Å². The molecule has 0 fully saturated rings. The van der Waals surface area contributed by atoms with Crippen LogP contribution >= 0.6 is 0 Å². The van der Waals surface area contributed by atoms with Gasteiger partial charge in [0.25, 0.3) is 0 Å². The second-order valence-electron chi connectivity index (χ2n) is 9.31. The fourth-order valence-electron chi connectivity index (χ4n) is 4.39. The lowest BCUT2D eigenvalue weighted by Crippen LogP contribution is -2.10. The topological polar surface area (TPSA) is 36.3 Å². The summed E-state index contributed by atoms with van der Waals surface area (Å²) in [6, 6.07) is 23.0. The van der Waals surface area contributed by atoms with Crippen molar-refractivity contribution >= 4 is 11.0 Å². The van der Waals surface area contributed by atoms with Crippen LogP contribution in [0.4, 0.5) is 0 Å². The number of imidazole rings is 1. The fraction of sp³-hybridized carbons (Fsp3) is 0.323. The van der Waals surface area contributed by atoms with Gasteiger partial charge in [0.1, 0.15) is 23.9 Å². The lowest BCUT2D eigenvalue weighted by molar-refractivity contribution is 0.281. The maximum Gasteiger partial charge on any atom is 0.147 e. The Morgan fingerprint density at radius 3 is 2.57 bits per heavy atom. The molecule has 4 rings (SSSR count). The number of aryl methyl sites for hydroxylation is 2. The fourth-order valence-corrected chi connectivity index (χ4v) is 4.39. The molecule has 0 amide bonds. The van der Waals surface area contributed by atoms with E-state index in [-0.39, 0.29) is 0 Å². The van der Waals surface area contributed by atoms with Crippen LogP contribution in [0.3, 0.4) is 0 Å². The number of nitrogens with zero attached hydrogens (tertiary/aromatic N) is 2. The molecule has 182 valence electrons. The Bertz CT molecular complexity index is 1270. The Morgan fingerprint density at radius 1 is 0.943 bits per heavy atom. The molecule has 0 bridgehead atoms. The van der Waals surface area contributed by atoms with Crippen molar-refractivity contribution in [3.8, 4) is 11.5 Å². The van der Waals surface area contributed by atoms with Crippen LogP contribution in [0.2, 0.25) is 0 Å². The van der Waals surface area contributed by atoms with Gasteiger partial charge in [0, 0.05) is 6.54 Å². The van der Waals surface area contributed by atoms with Gasteiger partial charge in [0.05, 0.1) is 17.6 Å². The average Bonchev–Trinajstić information content (AvgIpc) is 3.21. The van der Waals surface area contributed by atoms with Crippen LogP contribution in [-0.4, -0.2) is 16.2 Å². The number of hydrogen-bond acceptors (Lipinski definition) is 3. The van der Waals surface area contributed by atoms with E-state index in [9.17, 15) is 0 Å². The van der Waals surface area contributed by atoms with Crippen molar-refractivity contribution < 1.29 is 9.47 Å². The summed E-state index contributed by atoms with van der Waals surface area (Å²) >= 11 is 0. The molecule has 4 aromatic rings. The SMILES string of the molecule is C=CCc1ccccc1OCCCCn1c(COc2cc(C)ccc2C(C)C)nc2ccccc21. The maximum atomic E-state index is 6.34. The van der Waals surface area contributed by atoms with Crippen LogP contribution < -0.4 is 9.47 Å². The highest BCUT2D eigenvalue weighted by Gasteiger charge is 2.13. The molecule has 1 aromatic heterocycles. The molecule has 0 saturated carbocycles. The Morgan fingerprint density at radius 2 is 1.74 bits per heavy atom. The van der Waals surface area contributed by atoms with E-state index in [1.54, 1.807) is 0 Å². The van der Waals surface area contributed by atoms with Gasteiger partial charge in [-0.2, -0.15) is 0 Å². The standard InChI is InChI=1S/C31H36N2O2/c1-5-12-25-13-6-9-16-29(25)34-20-11-10-19-33-28-15-8-7-14-27(28)32-31(33)22-35-30-21-24(4)17-18-26(30)23(2)3/h5-9,13-18,21,23H,1,10-12,19-20,22H2,2-4H3. The van der Waals surface area contributed by atoms with E-state index in [0.717, 1.165) is 54.2 Å². The first-order chi connectivity index (χ1) is 17.1. The van der Waals surface area contributed by atoms with Crippen LogP contribution in [0.5, 0.6) is 11.5 Å².